The maximum Gasteiger partial charge on any atom is 0.269 e. The lowest BCUT2D eigenvalue weighted by molar-refractivity contribution is 0.0994. The number of imidazole rings is 1. The van der Waals surface area contributed by atoms with Gasteiger partial charge >= 0.3 is 0 Å². The van der Waals surface area contributed by atoms with Crippen LogP contribution in [-0.2, 0) is 0 Å². The Morgan fingerprint density at radius 2 is 2.31 bits per heavy atom. The maximum absolute atomic E-state index is 10.8. The topological polar surface area (TPSA) is 73.3 Å². The van der Waals surface area contributed by atoms with Gasteiger partial charge in [0, 0.05) is 0 Å². The summed E-state index contributed by atoms with van der Waals surface area (Å²) in [5, 5.41) is 4.01. The molecule has 13 heavy (non-hydrogen) atoms. The van der Waals surface area contributed by atoms with Crippen molar-refractivity contribution in [1.82, 2.24) is 14.6 Å². The molecule has 2 aromatic rings. The minimum absolute atomic E-state index is 0.239. The number of aromatic nitrogens is 3. The standard InChI is InChI=1S/C7H5IN4O/c8-5-3-10-6-2-1-4(7(9)13)11-12(5)6/h1-3H,(H2,9,13). The van der Waals surface area contributed by atoms with Crippen molar-refractivity contribution in [3.05, 3.63) is 27.7 Å². The van der Waals surface area contributed by atoms with E-state index < -0.39 is 5.91 Å². The molecule has 66 valence electrons. The third-order valence-electron chi connectivity index (χ3n) is 1.57. The molecule has 0 saturated carbocycles. The van der Waals surface area contributed by atoms with Crippen molar-refractivity contribution in [2.45, 2.75) is 0 Å². The molecule has 0 aromatic carbocycles. The summed E-state index contributed by atoms with van der Waals surface area (Å²) in [6.07, 6.45) is 1.67. The van der Waals surface area contributed by atoms with Crippen LogP contribution in [-0.4, -0.2) is 20.5 Å². The van der Waals surface area contributed by atoms with E-state index in [2.05, 4.69) is 32.7 Å². The van der Waals surface area contributed by atoms with Crippen LogP contribution in [0.2, 0.25) is 0 Å². The molecule has 0 atom stereocenters. The highest BCUT2D eigenvalue weighted by atomic mass is 127. The number of nitrogens with two attached hydrogens (primary N) is 1. The average Bonchev–Trinajstić information content (AvgIpc) is 2.47. The zero-order chi connectivity index (χ0) is 9.42. The smallest absolute Gasteiger partial charge is 0.269 e. The second-order valence-corrected chi connectivity index (χ2v) is 3.54. The first-order valence-corrected chi connectivity index (χ1v) is 4.56. The fraction of sp³-hybridized carbons (Fsp3) is 0. The number of fused-ring (bicyclic) bond motifs is 1. The van der Waals surface area contributed by atoms with Gasteiger partial charge in [-0.2, -0.15) is 5.10 Å². The lowest BCUT2D eigenvalue weighted by atomic mass is 10.4. The molecule has 0 saturated heterocycles. The third kappa shape index (κ3) is 1.37. The van der Waals surface area contributed by atoms with Gasteiger partial charge in [0.15, 0.2) is 5.65 Å². The SMILES string of the molecule is NC(=O)c1ccc2ncc(I)n2n1. The number of amides is 1. The second kappa shape index (κ2) is 2.95. The molecule has 2 aromatic heterocycles. The molecule has 0 radical (unpaired) electrons. The van der Waals surface area contributed by atoms with Crippen molar-refractivity contribution in [1.29, 1.82) is 0 Å². The summed E-state index contributed by atoms with van der Waals surface area (Å²) in [4.78, 5) is 14.9. The molecular weight excluding hydrogens is 283 g/mol. The minimum Gasteiger partial charge on any atom is -0.364 e. The Hall–Kier alpha value is -1.18. The Bertz CT molecular complexity index is 478. The quantitative estimate of drug-likeness (QED) is 0.773. The molecule has 0 aliphatic rings. The zero-order valence-electron chi connectivity index (χ0n) is 6.44. The molecule has 6 heteroatoms. The first-order valence-electron chi connectivity index (χ1n) is 3.48. The lowest BCUT2D eigenvalue weighted by Crippen LogP contribution is -2.14. The maximum atomic E-state index is 10.8. The number of nitrogens with zero attached hydrogens (tertiary/aromatic N) is 3. The summed E-state index contributed by atoms with van der Waals surface area (Å²) in [6, 6.07) is 3.26. The summed E-state index contributed by atoms with van der Waals surface area (Å²) < 4.78 is 2.41. The van der Waals surface area contributed by atoms with E-state index in [4.69, 9.17) is 5.73 Å². The van der Waals surface area contributed by atoms with Crippen molar-refractivity contribution in [3.8, 4) is 0 Å². The van der Waals surface area contributed by atoms with Gasteiger partial charge in [-0.3, -0.25) is 4.79 Å². The summed E-state index contributed by atoms with van der Waals surface area (Å²) in [5.74, 6) is -0.536. The van der Waals surface area contributed by atoms with Crippen LogP contribution in [0.1, 0.15) is 10.5 Å². The highest BCUT2D eigenvalue weighted by molar-refractivity contribution is 14.1. The fourth-order valence-electron chi connectivity index (χ4n) is 0.977. The first kappa shape index (κ1) is 8.42. The number of primary amides is 1. The summed E-state index contributed by atoms with van der Waals surface area (Å²) in [5.41, 5.74) is 6.03. The molecule has 5 nitrogen and oxygen atoms in total. The molecule has 2 rings (SSSR count). The Labute approximate surface area is 87.1 Å². The van der Waals surface area contributed by atoms with E-state index in [1.165, 1.54) is 0 Å². The molecular formula is C7H5IN4O. The Morgan fingerprint density at radius 3 is 3.00 bits per heavy atom. The van der Waals surface area contributed by atoms with Crippen molar-refractivity contribution >= 4 is 34.1 Å². The average molecular weight is 288 g/mol. The Balaban J connectivity index is 2.72. The van der Waals surface area contributed by atoms with Crippen LogP contribution in [0.5, 0.6) is 0 Å². The van der Waals surface area contributed by atoms with Gasteiger partial charge in [-0.15, -0.1) is 0 Å². The van der Waals surface area contributed by atoms with Gasteiger partial charge in [0.25, 0.3) is 5.91 Å². The minimum atomic E-state index is -0.536. The van der Waals surface area contributed by atoms with Gasteiger partial charge in [0.1, 0.15) is 9.39 Å². The van der Waals surface area contributed by atoms with E-state index in [0.717, 1.165) is 3.70 Å². The molecule has 0 spiro atoms. The highest BCUT2D eigenvalue weighted by Crippen LogP contribution is 2.07. The molecule has 0 unspecified atom stereocenters. The van der Waals surface area contributed by atoms with E-state index in [1.54, 1.807) is 22.8 Å². The van der Waals surface area contributed by atoms with Crippen molar-refractivity contribution in [2.24, 2.45) is 5.73 Å². The number of carbonyl (C=O) groups excluding carboxylic acids is 1. The van der Waals surface area contributed by atoms with E-state index in [-0.39, 0.29) is 5.69 Å². The molecule has 2 heterocycles. The lowest BCUT2D eigenvalue weighted by Gasteiger charge is -1.96. The summed E-state index contributed by atoms with van der Waals surface area (Å²) >= 11 is 2.08. The number of hydrogen-bond acceptors (Lipinski definition) is 3. The van der Waals surface area contributed by atoms with Crippen LogP contribution in [0.3, 0.4) is 0 Å². The van der Waals surface area contributed by atoms with Gasteiger partial charge in [0.05, 0.1) is 6.20 Å². The predicted molar refractivity (Wildman–Crippen MR) is 54.2 cm³/mol. The predicted octanol–water partition coefficient (Wildman–Crippen LogP) is 0.433. The first-order chi connectivity index (χ1) is 6.18. The van der Waals surface area contributed by atoms with Gasteiger partial charge < -0.3 is 5.73 Å². The van der Waals surface area contributed by atoms with Crippen LogP contribution in [0.4, 0.5) is 0 Å². The van der Waals surface area contributed by atoms with Crippen LogP contribution in [0, 0.1) is 3.70 Å². The van der Waals surface area contributed by atoms with Crippen LogP contribution in [0.25, 0.3) is 5.65 Å². The van der Waals surface area contributed by atoms with Crippen LogP contribution in [0.15, 0.2) is 18.3 Å². The zero-order valence-corrected chi connectivity index (χ0v) is 8.59. The monoisotopic (exact) mass is 288 g/mol. The van der Waals surface area contributed by atoms with Crippen molar-refractivity contribution in [3.63, 3.8) is 0 Å². The van der Waals surface area contributed by atoms with Crippen LogP contribution < -0.4 is 5.73 Å². The molecule has 0 bridgehead atoms. The number of hydrogen-bond donors (Lipinski definition) is 1. The third-order valence-corrected chi connectivity index (χ3v) is 2.31. The van der Waals surface area contributed by atoms with Gasteiger partial charge in [-0.05, 0) is 34.7 Å². The van der Waals surface area contributed by atoms with E-state index in [9.17, 15) is 4.79 Å². The van der Waals surface area contributed by atoms with E-state index >= 15 is 0 Å². The molecule has 0 fully saturated rings. The fourth-order valence-corrected chi connectivity index (χ4v) is 1.47. The molecule has 0 aliphatic heterocycles. The van der Waals surface area contributed by atoms with E-state index in [1.807, 2.05) is 0 Å². The van der Waals surface area contributed by atoms with Crippen LogP contribution >= 0.6 is 22.6 Å². The Kier molecular flexibility index (Phi) is 1.91. The summed E-state index contributed by atoms with van der Waals surface area (Å²) in [6.45, 7) is 0. The van der Waals surface area contributed by atoms with Crippen molar-refractivity contribution in [2.75, 3.05) is 0 Å². The van der Waals surface area contributed by atoms with Gasteiger partial charge in [0.2, 0.25) is 0 Å². The molecule has 0 aliphatic carbocycles. The second-order valence-electron chi connectivity index (χ2n) is 2.43. The molecule has 1 amide bonds. The highest BCUT2D eigenvalue weighted by Gasteiger charge is 2.05. The van der Waals surface area contributed by atoms with Crippen molar-refractivity contribution < 1.29 is 4.79 Å². The van der Waals surface area contributed by atoms with Gasteiger partial charge in [-0.1, -0.05) is 0 Å². The number of rotatable bonds is 1. The molecule has 2 N–H and O–H groups in total. The largest absolute Gasteiger partial charge is 0.364 e. The Morgan fingerprint density at radius 1 is 1.54 bits per heavy atom. The number of halogens is 1. The normalized spacial score (nSPS) is 10.5. The summed E-state index contributed by atoms with van der Waals surface area (Å²) in [7, 11) is 0. The van der Waals surface area contributed by atoms with Gasteiger partial charge in [-0.25, -0.2) is 9.50 Å². The number of carbonyl (C=O) groups is 1. The van der Waals surface area contributed by atoms with E-state index in [0.29, 0.717) is 5.65 Å².